The molecule has 3 aliphatic rings. The molecule has 1 saturated heterocycles. The van der Waals surface area contributed by atoms with E-state index in [0.717, 1.165) is 17.5 Å². The highest BCUT2D eigenvalue weighted by Gasteiger charge is 2.59. The molecule has 4 atom stereocenters. The minimum Gasteiger partial charge on any atom is -0.454 e. The van der Waals surface area contributed by atoms with Gasteiger partial charge in [-0.25, -0.2) is 9.78 Å². The number of esters is 1. The molecule has 0 spiro atoms. The molecule has 2 fully saturated rings. The molecular weight excluding hydrogens is 576 g/mol. The lowest BCUT2D eigenvalue weighted by atomic mass is 9.85. The fraction of sp³-hybridized carbons (Fsp3) is 0.250. The molecule has 8 heteroatoms. The van der Waals surface area contributed by atoms with Crippen molar-refractivity contribution in [1.82, 2.24) is 4.98 Å². The maximum atomic E-state index is 13.4. The highest BCUT2D eigenvalue weighted by Crippen LogP contribution is 2.53. The number of carbonyl (C=O) groups is 4. The third-order valence-corrected chi connectivity index (χ3v) is 9.85. The number of Topliss-reactive ketones (excluding diaryl/α,β-unsaturated/α-hetero) is 1. The molecule has 3 aromatic carbocycles. The zero-order chi connectivity index (χ0) is 30.9. The maximum Gasteiger partial charge on any atom is 0.339 e. The van der Waals surface area contributed by atoms with Gasteiger partial charge in [0.05, 0.1) is 34.3 Å². The van der Waals surface area contributed by atoms with Crippen LogP contribution in [0.2, 0.25) is 5.02 Å². The van der Waals surface area contributed by atoms with Gasteiger partial charge in [-0.2, -0.15) is 0 Å². The zero-order valence-electron chi connectivity index (χ0n) is 24.5. The van der Waals surface area contributed by atoms with E-state index in [2.05, 4.69) is 12.2 Å². The fourth-order valence-electron chi connectivity index (χ4n) is 6.87. The van der Waals surface area contributed by atoms with Crippen molar-refractivity contribution in [2.24, 2.45) is 23.7 Å². The van der Waals surface area contributed by atoms with Gasteiger partial charge in [-0.3, -0.25) is 19.3 Å². The topological polar surface area (TPSA) is 93.6 Å². The number of rotatable bonds is 6. The van der Waals surface area contributed by atoms with Gasteiger partial charge < -0.3 is 4.74 Å². The number of anilines is 1. The molecule has 7 rings (SSSR count). The number of fused-ring (bicyclic) bond motifs is 6. The number of hydrogen-bond donors (Lipinski definition) is 0. The van der Waals surface area contributed by atoms with Crippen molar-refractivity contribution in [2.75, 3.05) is 11.5 Å². The van der Waals surface area contributed by atoms with Gasteiger partial charge in [0.1, 0.15) is 0 Å². The largest absolute Gasteiger partial charge is 0.454 e. The predicted molar refractivity (Wildman–Crippen MR) is 168 cm³/mol. The maximum absolute atomic E-state index is 13.4. The second kappa shape index (κ2) is 10.5. The number of allylic oxidation sites excluding steroid dienone is 2. The van der Waals surface area contributed by atoms with Crippen LogP contribution < -0.4 is 4.90 Å². The van der Waals surface area contributed by atoms with Crippen LogP contribution in [0, 0.1) is 44.4 Å². The number of hydrogen-bond acceptors (Lipinski definition) is 6. The molecule has 2 bridgehead atoms. The molecule has 2 heterocycles. The smallest absolute Gasteiger partial charge is 0.339 e. The van der Waals surface area contributed by atoms with Crippen LogP contribution in [-0.4, -0.2) is 35.2 Å². The van der Waals surface area contributed by atoms with Gasteiger partial charge in [0.25, 0.3) is 0 Å². The van der Waals surface area contributed by atoms with Gasteiger partial charge in [0, 0.05) is 21.5 Å². The molecule has 1 saturated carbocycles. The number of imide groups is 1. The van der Waals surface area contributed by atoms with Crippen molar-refractivity contribution in [3.05, 3.63) is 106 Å². The highest BCUT2D eigenvalue weighted by atomic mass is 35.5. The van der Waals surface area contributed by atoms with E-state index in [1.807, 2.05) is 26.8 Å². The Bertz CT molecular complexity index is 1920. The number of nitrogens with zero attached hydrogens (tertiary/aromatic N) is 2. The Balaban J connectivity index is 1.18. The number of amides is 2. The molecular formula is C36H29ClN2O5. The second-order valence-corrected chi connectivity index (χ2v) is 12.4. The third kappa shape index (κ3) is 4.46. The summed E-state index contributed by atoms with van der Waals surface area (Å²) in [7, 11) is 0. The van der Waals surface area contributed by atoms with Gasteiger partial charge in [0.2, 0.25) is 11.8 Å². The standard InChI is InChI=1S/C36H29ClN2O5/c1-18-4-5-22(14-19(18)2)30(40)17-44-36(43)27-16-29(38-33-20(3)28(37)13-12-26(27)33)21-8-10-25(11-9-21)39-34(41)31-23-6-7-24(15-23)32(31)35(39)42/h4-14,16,23-24,31-32H,15,17H2,1-3H3. The van der Waals surface area contributed by atoms with E-state index in [1.165, 1.54) is 4.90 Å². The van der Waals surface area contributed by atoms with E-state index in [1.54, 1.807) is 54.6 Å². The number of halogens is 1. The number of pyridine rings is 1. The molecule has 1 aliphatic heterocycles. The Hall–Kier alpha value is -4.62. The van der Waals surface area contributed by atoms with Crippen molar-refractivity contribution in [2.45, 2.75) is 27.2 Å². The number of carbonyl (C=O) groups excluding carboxylic acids is 4. The Morgan fingerprint density at radius 1 is 0.886 bits per heavy atom. The number of aryl methyl sites for hydroxylation is 3. The average Bonchev–Trinajstić information content (AvgIpc) is 3.72. The highest BCUT2D eigenvalue weighted by molar-refractivity contribution is 6.32. The summed E-state index contributed by atoms with van der Waals surface area (Å²) >= 11 is 6.42. The van der Waals surface area contributed by atoms with E-state index in [9.17, 15) is 19.2 Å². The second-order valence-electron chi connectivity index (χ2n) is 12.0. The third-order valence-electron chi connectivity index (χ3n) is 9.44. The van der Waals surface area contributed by atoms with Gasteiger partial charge in [-0.15, -0.1) is 0 Å². The SMILES string of the molecule is Cc1ccc(C(=O)COC(=O)c2cc(-c3ccc(N4C(=O)C5C6C=CC(C6)C5C4=O)cc3)nc3c(C)c(Cl)ccc23)cc1C. The van der Waals surface area contributed by atoms with Crippen LogP contribution in [0.5, 0.6) is 0 Å². The Morgan fingerprint density at radius 2 is 1.57 bits per heavy atom. The van der Waals surface area contributed by atoms with Crippen molar-refractivity contribution >= 4 is 51.8 Å². The first-order chi connectivity index (χ1) is 21.1. The summed E-state index contributed by atoms with van der Waals surface area (Å²) in [6.07, 6.45) is 5.03. The van der Waals surface area contributed by atoms with E-state index in [0.29, 0.717) is 44.0 Å². The molecule has 0 radical (unpaired) electrons. The van der Waals surface area contributed by atoms with E-state index in [4.69, 9.17) is 21.3 Å². The number of aromatic nitrogens is 1. The van der Waals surface area contributed by atoms with E-state index < -0.39 is 12.6 Å². The summed E-state index contributed by atoms with van der Waals surface area (Å²) in [5.74, 6) is -1.51. The molecule has 1 aromatic heterocycles. The lowest BCUT2D eigenvalue weighted by Crippen LogP contribution is -2.32. The van der Waals surface area contributed by atoms with Crippen molar-refractivity contribution in [3.63, 3.8) is 0 Å². The van der Waals surface area contributed by atoms with Crippen molar-refractivity contribution in [1.29, 1.82) is 0 Å². The molecule has 0 N–H and O–H groups in total. The van der Waals surface area contributed by atoms with Crippen LogP contribution in [0.4, 0.5) is 5.69 Å². The average molecular weight is 605 g/mol. The Morgan fingerprint density at radius 3 is 2.23 bits per heavy atom. The summed E-state index contributed by atoms with van der Waals surface area (Å²) in [6.45, 7) is 5.31. The van der Waals surface area contributed by atoms with Gasteiger partial charge >= 0.3 is 5.97 Å². The summed E-state index contributed by atoms with van der Waals surface area (Å²) in [6, 6.07) is 17.5. The molecule has 4 aromatic rings. The minimum absolute atomic E-state index is 0.136. The van der Waals surface area contributed by atoms with Gasteiger partial charge in [0.15, 0.2) is 12.4 Å². The monoisotopic (exact) mass is 604 g/mol. The summed E-state index contributed by atoms with van der Waals surface area (Å²) in [4.78, 5) is 59.0. The number of benzene rings is 3. The van der Waals surface area contributed by atoms with Gasteiger partial charge in [-0.05, 0) is 86.1 Å². The van der Waals surface area contributed by atoms with Crippen LogP contribution in [0.3, 0.4) is 0 Å². The minimum atomic E-state index is -0.655. The molecule has 4 unspecified atom stereocenters. The van der Waals surface area contributed by atoms with Crippen LogP contribution in [0.15, 0.2) is 72.8 Å². The predicted octanol–water partition coefficient (Wildman–Crippen LogP) is 6.83. The lowest BCUT2D eigenvalue weighted by molar-refractivity contribution is -0.123. The number of ketones is 1. The fourth-order valence-corrected chi connectivity index (χ4v) is 7.02. The first kappa shape index (κ1) is 28.2. The van der Waals surface area contributed by atoms with Crippen LogP contribution >= 0.6 is 11.6 Å². The molecule has 7 nitrogen and oxygen atoms in total. The van der Waals surface area contributed by atoms with Crippen molar-refractivity contribution in [3.8, 4) is 11.3 Å². The molecule has 2 amide bonds. The van der Waals surface area contributed by atoms with Crippen LogP contribution in [0.1, 0.15) is 43.8 Å². The summed E-state index contributed by atoms with van der Waals surface area (Å²) in [5, 5.41) is 1.06. The Kier molecular flexibility index (Phi) is 6.74. The zero-order valence-corrected chi connectivity index (χ0v) is 25.2. The number of ether oxygens (including phenoxy) is 1. The molecule has 220 valence electrons. The first-order valence-corrected chi connectivity index (χ1v) is 15.0. The molecule has 2 aliphatic carbocycles. The van der Waals surface area contributed by atoms with E-state index >= 15 is 0 Å². The lowest BCUT2D eigenvalue weighted by Gasteiger charge is -2.18. The first-order valence-electron chi connectivity index (χ1n) is 14.7. The van der Waals surface area contributed by atoms with Gasteiger partial charge in [-0.1, -0.05) is 54.1 Å². The summed E-state index contributed by atoms with van der Waals surface area (Å²) < 4.78 is 5.52. The Labute approximate surface area is 259 Å². The normalized spacial score (nSPS) is 21.8. The molecule has 44 heavy (non-hydrogen) atoms. The van der Waals surface area contributed by atoms with Crippen LogP contribution in [0.25, 0.3) is 22.2 Å². The van der Waals surface area contributed by atoms with E-state index in [-0.39, 0.29) is 46.8 Å². The summed E-state index contributed by atoms with van der Waals surface area (Å²) in [5.41, 5.74) is 5.70. The quantitative estimate of drug-likeness (QED) is 0.104. The van der Waals surface area contributed by atoms with Crippen molar-refractivity contribution < 1.29 is 23.9 Å². The van der Waals surface area contributed by atoms with Crippen LogP contribution in [-0.2, 0) is 14.3 Å².